The number of hydrogen-bond acceptors (Lipinski definition) is 5. The number of aromatic nitrogens is 3. The predicted molar refractivity (Wildman–Crippen MR) is 71.1 cm³/mol. The Hall–Kier alpha value is -0.980. The molecule has 6 heteroatoms. The summed E-state index contributed by atoms with van der Waals surface area (Å²) in [4.78, 5) is 4.83. The van der Waals surface area contributed by atoms with Gasteiger partial charge in [-0.25, -0.2) is 0 Å². The van der Waals surface area contributed by atoms with Crippen LogP contribution in [0.15, 0.2) is 6.20 Å². The SMILES string of the molecule is CN(C)CC1CCCN1CCn1cc(CN)nn1. The molecular formula is C12H24N6. The summed E-state index contributed by atoms with van der Waals surface area (Å²) in [6.07, 6.45) is 4.56. The third-order valence-corrected chi connectivity index (χ3v) is 3.49. The van der Waals surface area contributed by atoms with E-state index < -0.39 is 0 Å². The third-order valence-electron chi connectivity index (χ3n) is 3.49. The van der Waals surface area contributed by atoms with Crippen LogP contribution in [-0.4, -0.2) is 64.6 Å². The molecule has 0 aromatic carbocycles. The van der Waals surface area contributed by atoms with Gasteiger partial charge < -0.3 is 10.6 Å². The molecule has 2 heterocycles. The van der Waals surface area contributed by atoms with E-state index in [0.717, 1.165) is 25.3 Å². The standard InChI is InChI=1S/C12H24N6/c1-16(2)10-12-4-3-5-17(12)6-7-18-9-11(8-13)14-15-18/h9,12H,3-8,10,13H2,1-2H3. The molecule has 0 radical (unpaired) electrons. The van der Waals surface area contributed by atoms with E-state index in [4.69, 9.17) is 5.73 Å². The largest absolute Gasteiger partial charge is 0.325 e. The summed E-state index contributed by atoms with van der Waals surface area (Å²) < 4.78 is 1.90. The first kappa shape index (κ1) is 13.5. The van der Waals surface area contributed by atoms with Gasteiger partial charge in [-0.05, 0) is 33.5 Å². The summed E-state index contributed by atoms with van der Waals surface area (Å²) in [5, 5.41) is 8.09. The zero-order valence-corrected chi connectivity index (χ0v) is 11.4. The Morgan fingerprint density at radius 1 is 1.44 bits per heavy atom. The van der Waals surface area contributed by atoms with Gasteiger partial charge in [-0.15, -0.1) is 5.10 Å². The summed E-state index contributed by atoms with van der Waals surface area (Å²) in [5.74, 6) is 0. The summed E-state index contributed by atoms with van der Waals surface area (Å²) in [5.41, 5.74) is 6.39. The maximum atomic E-state index is 5.53. The van der Waals surface area contributed by atoms with Crippen LogP contribution < -0.4 is 5.73 Å². The highest BCUT2D eigenvalue weighted by molar-refractivity contribution is 4.90. The lowest BCUT2D eigenvalue weighted by Gasteiger charge is -2.26. The normalized spacial score (nSPS) is 21.0. The van der Waals surface area contributed by atoms with Crippen LogP contribution in [0.2, 0.25) is 0 Å². The topological polar surface area (TPSA) is 63.2 Å². The van der Waals surface area contributed by atoms with Gasteiger partial charge in [-0.3, -0.25) is 9.58 Å². The molecular weight excluding hydrogens is 228 g/mol. The van der Waals surface area contributed by atoms with E-state index in [-0.39, 0.29) is 0 Å². The van der Waals surface area contributed by atoms with Gasteiger partial charge in [-0.1, -0.05) is 5.21 Å². The van der Waals surface area contributed by atoms with Gasteiger partial charge in [0.15, 0.2) is 0 Å². The van der Waals surface area contributed by atoms with Gasteiger partial charge in [0.25, 0.3) is 0 Å². The number of hydrogen-bond donors (Lipinski definition) is 1. The molecule has 0 spiro atoms. The van der Waals surface area contributed by atoms with Gasteiger partial charge in [0.2, 0.25) is 0 Å². The lowest BCUT2D eigenvalue weighted by atomic mass is 10.2. The van der Waals surface area contributed by atoms with Crippen LogP contribution in [0, 0.1) is 0 Å². The zero-order chi connectivity index (χ0) is 13.0. The van der Waals surface area contributed by atoms with Crippen molar-refractivity contribution in [1.82, 2.24) is 24.8 Å². The van der Waals surface area contributed by atoms with Crippen LogP contribution in [0.3, 0.4) is 0 Å². The quantitative estimate of drug-likeness (QED) is 0.757. The second-order valence-electron chi connectivity index (χ2n) is 5.27. The maximum Gasteiger partial charge on any atom is 0.0962 e. The molecule has 2 N–H and O–H groups in total. The lowest BCUT2D eigenvalue weighted by Crippen LogP contribution is -2.39. The molecule has 1 atom stereocenters. The minimum absolute atomic E-state index is 0.465. The fourth-order valence-electron chi connectivity index (χ4n) is 2.59. The smallest absolute Gasteiger partial charge is 0.0962 e. The van der Waals surface area contributed by atoms with E-state index in [2.05, 4.69) is 34.2 Å². The molecule has 1 saturated heterocycles. The third kappa shape index (κ3) is 3.51. The fourth-order valence-corrected chi connectivity index (χ4v) is 2.59. The molecule has 0 aliphatic carbocycles. The minimum atomic E-state index is 0.465. The average molecular weight is 252 g/mol. The van der Waals surface area contributed by atoms with E-state index in [1.807, 2.05) is 10.9 Å². The summed E-state index contributed by atoms with van der Waals surface area (Å²) in [6, 6.07) is 0.692. The maximum absolute atomic E-state index is 5.53. The second-order valence-corrected chi connectivity index (χ2v) is 5.27. The Labute approximate surface area is 109 Å². The molecule has 2 rings (SSSR count). The van der Waals surface area contributed by atoms with Crippen molar-refractivity contribution < 1.29 is 0 Å². The Morgan fingerprint density at radius 3 is 2.94 bits per heavy atom. The molecule has 6 nitrogen and oxygen atoms in total. The molecule has 1 aromatic rings. The first-order valence-electron chi connectivity index (χ1n) is 6.67. The summed E-state index contributed by atoms with van der Waals surface area (Å²) >= 11 is 0. The highest BCUT2D eigenvalue weighted by atomic mass is 15.4. The first-order valence-corrected chi connectivity index (χ1v) is 6.67. The number of rotatable bonds is 6. The van der Waals surface area contributed by atoms with E-state index in [1.165, 1.54) is 19.4 Å². The van der Waals surface area contributed by atoms with Crippen molar-refractivity contribution in [3.63, 3.8) is 0 Å². The van der Waals surface area contributed by atoms with Gasteiger partial charge in [0.05, 0.1) is 12.2 Å². The molecule has 0 bridgehead atoms. The second kappa shape index (κ2) is 6.26. The monoisotopic (exact) mass is 252 g/mol. The number of nitrogens with two attached hydrogens (primary N) is 1. The van der Waals surface area contributed by atoms with Crippen molar-refractivity contribution in [2.24, 2.45) is 5.73 Å². The number of likely N-dealkylation sites (tertiary alicyclic amines) is 1. The van der Waals surface area contributed by atoms with Crippen LogP contribution in [0.1, 0.15) is 18.5 Å². The van der Waals surface area contributed by atoms with Crippen molar-refractivity contribution in [2.75, 3.05) is 33.7 Å². The molecule has 1 fully saturated rings. The van der Waals surface area contributed by atoms with E-state index in [0.29, 0.717) is 12.6 Å². The van der Waals surface area contributed by atoms with Crippen molar-refractivity contribution in [1.29, 1.82) is 0 Å². The van der Waals surface area contributed by atoms with Gasteiger partial charge in [0.1, 0.15) is 0 Å². The zero-order valence-electron chi connectivity index (χ0n) is 11.4. The Bertz CT molecular complexity index is 361. The van der Waals surface area contributed by atoms with Gasteiger partial charge >= 0.3 is 0 Å². The van der Waals surface area contributed by atoms with Crippen molar-refractivity contribution >= 4 is 0 Å². The molecule has 102 valence electrons. The minimum Gasteiger partial charge on any atom is -0.325 e. The summed E-state index contributed by atoms with van der Waals surface area (Å²) in [6.45, 7) is 4.76. The van der Waals surface area contributed by atoms with E-state index in [9.17, 15) is 0 Å². The molecule has 1 aliphatic rings. The Kier molecular flexibility index (Phi) is 4.68. The highest BCUT2D eigenvalue weighted by Crippen LogP contribution is 2.17. The lowest BCUT2D eigenvalue weighted by molar-refractivity contribution is 0.199. The molecule has 1 aliphatic heterocycles. The van der Waals surface area contributed by atoms with Crippen LogP contribution in [0.4, 0.5) is 0 Å². The van der Waals surface area contributed by atoms with Crippen LogP contribution in [0.5, 0.6) is 0 Å². The van der Waals surface area contributed by atoms with Crippen molar-refractivity contribution in [2.45, 2.75) is 32.0 Å². The summed E-state index contributed by atoms with van der Waals surface area (Å²) in [7, 11) is 4.28. The average Bonchev–Trinajstić information content (AvgIpc) is 2.94. The molecule has 18 heavy (non-hydrogen) atoms. The van der Waals surface area contributed by atoms with Crippen LogP contribution in [-0.2, 0) is 13.1 Å². The molecule has 0 saturated carbocycles. The molecule has 0 amide bonds. The van der Waals surface area contributed by atoms with Gasteiger partial charge in [0, 0.05) is 31.9 Å². The van der Waals surface area contributed by atoms with Crippen molar-refractivity contribution in [3.8, 4) is 0 Å². The van der Waals surface area contributed by atoms with E-state index in [1.54, 1.807) is 0 Å². The Morgan fingerprint density at radius 2 is 2.28 bits per heavy atom. The van der Waals surface area contributed by atoms with Crippen molar-refractivity contribution in [3.05, 3.63) is 11.9 Å². The van der Waals surface area contributed by atoms with E-state index >= 15 is 0 Å². The predicted octanol–water partition coefficient (Wildman–Crippen LogP) is -0.237. The Balaban J connectivity index is 1.81. The van der Waals surface area contributed by atoms with Crippen LogP contribution in [0.25, 0.3) is 0 Å². The number of likely N-dealkylation sites (N-methyl/N-ethyl adjacent to an activating group) is 1. The number of nitrogens with zero attached hydrogens (tertiary/aromatic N) is 5. The van der Waals surface area contributed by atoms with Crippen LogP contribution >= 0.6 is 0 Å². The van der Waals surface area contributed by atoms with Gasteiger partial charge in [-0.2, -0.15) is 0 Å². The fraction of sp³-hybridized carbons (Fsp3) is 0.833. The molecule has 1 aromatic heterocycles. The highest BCUT2D eigenvalue weighted by Gasteiger charge is 2.24. The molecule has 1 unspecified atom stereocenters. The first-order chi connectivity index (χ1) is 8.69.